The number of ketones is 2. The number of carbonyl (C=O) groups excluding carboxylic acids is 8. The highest BCUT2D eigenvalue weighted by molar-refractivity contribution is 6.56. The quantitative estimate of drug-likeness (QED) is 0.0212. The van der Waals surface area contributed by atoms with Crippen molar-refractivity contribution in [1.29, 1.82) is 0 Å². The molecule has 19 heteroatoms. The van der Waals surface area contributed by atoms with Gasteiger partial charge in [-0.3, -0.25) is 48.2 Å². The minimum absolute atomic E-state index is 0.0458. The molecule has 0 fully saturated rings. The zero-order chi connectivity index (χ0) is 64.4. The van der Waals surface area contributed by atoms with Gasteiger partial charge in [-0.05, 0) is 120 Å². The van der Waals surface area contributed by atoms with Crippen LogP contribution in [0.4, 0.5) is 0 Å². The Hall–Kier alpha value is -7.53. The Bertz CT molecular complexity index is 3680. The van der Waals surface area contributed by atoms with E-state index in [1.807, 2.05) is 52.0 Å². The molecule has 0 bridgehead atoms. The van der Waals surface area contributed by atoms with Crippen LogP contribution in [0.5, 0.6) is 5.75 Å². The van der Waals surface area contributed by atoms with Crippen LogP contribution in [0, 0.1) is 10.8 Å². The van der Waals surface area contributed by atoms with Gasteiger partial charge in [0.15, 0.2) is 11.6 Å². The van der Waals surface area contributed by atoms with Gasteiger partial charge in [0, 0.05) is 28.4 Å². The summed E-state index contributed by atoms with van der Waals surface area (Å²) in [6, 6.07) is 37.0. The van der Waals surface area contributed by atoms with Gasteiger partial charge in [-0.1, -0.05) is 159 Å². The molecule has 2 aliphatic heterocycles. The number of aliphatic hydroxyl groups excluding tert-OH is 1. The Balaban J connectivity index is 0.000000189. The number of para-hydroxylation sites is 1. The van der Waals surface area contributed by atoms with Gasteiger partial charge in [0.25, 0.3) is 23.6 Å². The van der Waals surface area contributed by atoms with Crippen LogP contribution in [0.3, 0.4) is 0 Å². The van der Waals surface area contributed by atoms with E-state index in [-0.39, 0.29) is 67.8 Å². The predicted octanol–water partition coefficient (Wildman–Crippen LogP) is 15.4. The third-order valence-corrected chi connectivity index (χ3v) is 17.8. The number of ether oxygens (including phenoxy) is 3. The minimum atomic E-state index is -1.23. The molecule has 0 spiro atoms. The maximum atomic E-state index is 13.3. The monoisotopic (exact) mass is 1270 g/mol. The topological polar surface area (TPSA) is 204 Å². The number of imide groups is 2. The van der Waals surface area contributed by atoms with E-state index in [0.29, 0.717) is 90.3 Å². The summed E-state index contributed by atoms with van der Waals surface area (Å²) in [4.78, 5) is 106. The number of benzene rings is 6. The molecule has 1 aliphatic carbocycles. The fourth-order valence-corrected chi connectivity index (χ4v) is 10.7. The van der Waals surface area contributed by atoms with Crippen LogP contribution in [-0.2, 0) is 19.1 Å². The second kappa shape index (κ2) is 29.6. The van der Waals surface area contributed by atoms with Crippen LogP contribution in [0.2, 0.25) is 20.1 Å². The van der Waals surface area contributed by atoms with Gasteiger partial charge < -0.3 is 19.3 Å². The lowest BCUT2D eigenvalue weighted by Crippen LogP contribution is -2.45. The van der Waals surface area contributed by atoms with E-state index in [1.165, 1.54) is 16.9 Å². The first kappa shape index (κ1) is 68.0. The van der Waals surface area contributed by atoms with Crippen LogP contribution < -0.4 is 4.74 Å². The number of aromatic nitrogens is 1. The SMILES string of the molecule is CCC(C)(C)C(=O)OCC(O)CN1C(=O)c2cccc3cccc(c23)C1=O.CCC(C)(C)C(=O)OCCCCOc1cccc2ccc(C3C(=O)c4c(Cl)c(Cl)c(Cl)c(Cl)c4C3=O)nc12.CCC(C)c1ccccc1.CCN1C(=O)c2ccccc2C1=O. The maximum absolute atomic E-state index is 13.3. The largest absolute Gasteiger partial charge is 0.491 e. The number of carbonyl (C=O) groups is 8. The van der Waals surface area contributed by atoms with Gasteiger partial charge in [0.1, 0.15) is 29.9 Å². The van der Waals surface area contributed by atoms with Gasteiger partial charge in [-0.2, -0.15) is 0 Å². The molecule has 6 aromatic carbocycles. The smallest absolute Gasteiger partial charge is 0.311 e. The van der Waals surface area contributed by atoms with Crippen molar-refractivity contribution in [3.63, 3.8) is 0 Å². The second-order valence-corrected chi connectivity index (χ2v) is 24.2. The average Bonchev–Trinajstić information content (AvgIpc) is 2.26. The van der Waals surface area contributed by atoms with E-state index in [2.05, 4.69) is 49.2 Å². The van der Waals surface area contributed by atoms with E-state index in [1.54, 1.807) is 87.5 Å². The Morgan fingerprint density at radius 1 is 0.568 bits per heavy atom. The number of β-amino-alcohol motifs (C(OH)–C–C–N with tert-alkyl or cyclic N) is 1. The number of hydrogen-bond donors (Lipinski definition) is 1. The Morgan fingerprint density at radius 2 is 1.05 bits per heavy atom. The predicted molar refractivity (Wildman–Crippen MR) is 342 cm³/mol. The third-order valence-electron chi connectivity index (χ3n) is 16.0. The van der Waals surface area contributed by atoms with Crippen LogP contribution >= 0.6 is 46.4 Å². The molecule has 3 heterocycles. The van der Waals surface area contributed by atoms with Gasteiger partial charge in [-0.15, -0.1) is 0 Å². The van der Waals surface area contributed by atoms with Crippen LogP contribution in [-0.4, -0.2) is 106 Å². The number of esters is 2. The van der Waals surface area contributed by atoms with E-state index >= 15 is 0 Å². The number of nitrogens with zero attached hydrogens (tertiary/aromatic N) is 3. The molecule has 7 aromatic rings. The number of Topliss-reactive ketones (excluding diaryl/α,β-unsaturated/α-hetero) is 2. The Morgan fingerprint density at radius 3 is 1.57 bits per heavy atom. The van der Waals surface area contributed by atoms with E-state index in [4.69, 9.17) is 60.6 Å². The van der Waals surface area contributed by atoms with E-state index < -0.39 is 52.2 Å². The number of rotatable bonds is 18. The highest BCUT2D eigenvalue weighted by atomic mass is 35.5. The first-order valence-electron chi connectivity index (χ1n) is 29.2. The summed E-state index contributed by atoms with van der Waals surface area (Å²) in [5.41, 5.74) is 2.86. The van der Waals surface area contributed by atoms with Gasteiger partial charge >= 0.3 is 11.9 Å². The van der Waals surface area contributed by atoms with Crippen molar-refractivity contribution in [2.75, 3.05) is 32.9 Å². The number of amides is 4. The van der Waals surface area contributed by atoms with E-state index in [0.717, 1.165) is 15.7 Å². The van der Waals surface area contributed by atoms with Gasteiger partial charge in [0.05, 0.1) is 78.6 Å². The number of fused-ring (bicyclic) bond motifs is 3. The molecule has 88 heavy (non-hydrogen) atoms. The standard InChI is InChI=1S/C28H25Cl4NO5.C21H23NO5.C10H9NO2.C10H14/c1-4-28(2,3)27(36)38-13-6-5-12-37-16-9-7-8-14-10-11-15(33-24(14)16)17-25(34)18-19(26(17)35)21(30)23(32)22(31)20(18)29;1-4-21(2,3)20(26)27-12-14(23)11-22-18(24)15-9-5-7-13-8-6-10-16(17(13)15)19(22)25;1-2-11-9(12)7-5-3-4-6-8(7)10(11)13;1-3-9(2)10-7-5-4-6-8-10/h7-11,17H,4-6,12-13H2,1-3H3;5-10,14,23H,4,11-12H2,1-3H3;3-6H,2H2,1H3;4-9H,3H2,1-2H3. The van der Waals surface area contributed by atoms with Crippen molar-refractivity contribution in [3.8, 4) is 5.75 Å². The second-order valence-electron chi connectivity index (χ2n) is 22.7. The highest BCUT2D eigenvalue weighted by Gasteiger charge is 2.45. The van der Waals surface area contributed by atoms with Crippen molar-refractivity contribution in [2.24, 2.45) is 10.8 Å². The summed E-state index contributed by atoms with van der Waals surface area (Å²) in [6.45, 7) is 18.0. The molecule has 462 valence electrons. The van der Waals surface area contributed by atoms with Crippen molar-refractivity contribution >= 4 is 115 Å². The number of halogens is 4. The summed E-state index contributed by atoms with van der Waals surface area (Å²) in [5.74, 6) is -2.99. The first-order chi connectivity index (χ1) is 41.8. The zero-order valence-electron chi connectivity index (χ0n) is 50.6. The zero-order valence-corrected chi connectivity index (χ0v) is 53.7. The van der Waals surface area contributed by atoms with Crippen molar-refractivity contribution < 1.29 is 57.7 Å². The summed E-state index contributed by atoms with van der Waals surface area (Å²) < 4.78 is 16.5. The number of unbranched alkanes of at least 4 members (excludes halogenated alkanes) is 1. The number of pyridine rings is 1. The fraction of sp³-hybridized carbons (Fsp3) is 0.348. The highest BCUT2D eigenvalue weighted by Crippen LogP contribution is 2.48. The van der Waals surface area contributed by atoms with Gasteiger partial charge in [-0.25, -0.2) is 4.98 Å². The number of aliphatic hydroxyl groups is 1. The molecule has 0 saturated heterocycles. The summed E-state index contributed by atoms with van der Waals surface area (Å²) >= 11 is 24.8. The lowest BCUT2D eigenvalue weighted by molar-refractivity contribution is -0.157. The van der Waals surface area contributed by atoms with Crippen molar-refractivity contribution in [2.45, 2.75) is 112 Å². The molecular weight excluding hydrogens is 1200 g/mol. The maximum Gasteiger partial charge on any atom is 0.311 e. The molecule has 3 aliphatic rings. The fourth-order valence-electron chi connectivity index (χ4n) is 9.64. The molecule has 0 radical (unpaired) electrons. The number of hydrogen-bond acceptors (Lipinski definition) is 13. The molecule has 0 saturated carbocycles. The van der Waals surface area contributed by atoms with Crippen molar-refractivity contribution in [1.82, 2.24) is 14.8 Å². The first-order valence-corrected chi connectivity index (χ1v) is 30.7. The Labute approximate surface area is 532 Å². The van der Waals surface area contributed by atoms with Crippen molar-refractivity contribution in [3.05, 3.63) is 186 Å². The molecule has 1 aromatic heterocycles. The minimum Gasteiger partial charge on any atom is -0.491 e. The summed E-state index contributed by atoms with van der Waals surface area (Å²) in [7, 11) is 0. The lowest BCUT2D eigenvalue weighted by Gasteiger charge is -2.29. The van der Waals surface area contributed by atoms with Crippen LogP contribution in [0.1, 0.15) is 180 Å². The molecular formula is C69H71Cl4N3O12. The molecule has 15 nitrogen and oxygen atoms in total. The Kier molecular flexibility index (Phi) is 22.9. The molecule has 1 N–H and O–H groups in total. The summed E-state index contributed by atoms with van der Waals surface area (Å²) in [6.07, 6.45) is 2.68. The molecule has 10 rings (SSSR count). The van der Waals surface area contributed by atoms with E-state index in [9.17, 15) is 43.5 Å². The summed E-state index contributed by atoms with van der Waals surface area (Å²) in [5, 5.41) is 12.1. The molecule has 2 unspecified atom stereocenters. The molecule has 4 amide bonds. The van der Waals surface area contributed by atoms with Crippen LogP contribution in [0.15, 0.2) is 121 Å². The lowest BCUT2D eigenvalue weighted by atomic mass is 9.91. The third kappa shape index (κ3) is 14.8. The van der Waals surface area contributed by atoms with Gasteiger partial charge in [0.2, 0.25) is 0 Å². The average molecular weight is 1280 g/mol. The van der Waals surface area contributed by atoms with Crippen LogP contribution in [0.25, 0.3) is 21.7 Å². The normalized spacial score (nSPS) is 14.3. The molecule has 2 atom stereocenters.